The monoisotopic (exact) mass is 513 g/mol. The van der Waals surface area contributed by atoms with Crippen molar-refractivity contribution in [2.75, 3.05) is 13.1 Å². The molecule has 0 saturated carbocycles. The number of nitrogens with zero attached hydrogens (tertiary/aromatic N) is 2. The van der Waals surface area contributed by atoms with E-state index in [2.05, 4.69) is 5.32 Å². The lowest BCUT2D eigenvalue weighted by Gasteiger charge is -2.46. The van der Waals surface area contributed by atoms with Gasteiger partial charge in [0.25, 0.3) is 5.91 Å². The highest BCUT2D eigenvalue weighted by Gasteiger charge is 2.57. The fourth-order valence-electron chi connectivity index (χ4n) is 5.07. The van der Waals surface area contributed by atoms with E-state index >= 15 is 0 Å². The molecule has 5 nitrogen and oxygen atoms in total. The molecular weight excluding hydrogens is 488 g/mol. The predicted octanol–water partition coefficient (Wildman–Crippen LogP) is 5.07. The van der Waals surface area contributed by atoms with Crippen molar-refractivity contribution >= 4 is 11.8 Å². The molecule has 2 aliphatic heterocycles. The van der Waals surface area contributed by atoms with Crippen molar-refractivity contribution in [1.82, 2.24) is 15.1 Å². The molecule has 0 bridgehead atoms. The molecule has 194 valence electrons. The average Bonchev–Trinajstić information content (AvgIpc) is 2.98. The predicted molar refractivity (Wildman–Crippen MR) is 119 cm³/mol. The van der Waals surface area contributed by atoms with Crippen LogP contribution in [0, 0.1) is 0 Å². The summed E-state index contributed by atoms with van der Waals surface area (Å²) >= 11 is 0. The largest absolute Gasteiger partial charge is 0.416 e. The van der Waals surface area contributed by atoms with Crippen molar-refractivity contribution in [3.63, 3.8) is 0 Å². The Morgan fingerprint density at radius 2 is 1.44 bits per heavy atom. The summed E-state index contributed by atoms with van der Waals surface area (Å²) in [5.41, 5.74) is -4.45. The van der Waals surface area contributed by atoms with Gasteiger partial charge in [-0.05, 0) is 50.5 Å². The van der Waals surface area contributed by atoms with Crippen LogP contribution in [-0.2, 0) is 23.7 Å². The minimum atomic E-state index is -5.05. The van der Waals surface area contributed by atoms with Gasteiger partial charge < -0.3 is 10.2 Å². The Bertz CT molecular complexity index is 1120. The van der Waals surface area contributed by atoms with Crippen LogP contribution < -0.4 is 5.32 Å². The second-order valence-corrected chi connectivity index (χ2v) is 9.70. The second-order valence-electron chi connectivity index (χ2n) is 9.70. The fraction of sp³-hybridized carbons (Fsp3) is 0.440. The third-order valence-electron chi connectivity index (χ3n) is 6.93. The Labute approximate surface area is 204 Å². The van der Waals surface area contributed by atoms with Gasteiger partial charge in [-0.25, -0.2) is 0 Å². The number of nitrogens with one attached hydrogen (secondary N) is 1. The quantitative estimate of drug-likeness (QED) is 0.584. The maximum Gasteiger partial charge on any atom is 0.416 e. The Morgan fingerprint density at radius 3 is 1.94 bits per heavy atom. The average molecular weight is 513 g/mol. The molecule has 11 heteroatoms. The standard InChI is InChI=1S/C25H25F6N3O2/c1-22(2)32-21(36)23(34(22)15-16-6-4-3-5-7-16)8-10-33(11-9-23)20(35)17-12-18(24(26,27)28)14-19(13-17)25(29,30)31/h3-7,12-14H,8-11,15H2,1-2H3,(H,32,36). The molecule has 2 saturated heterocycles. The van der Waals surface area contributed by atoms with Gasteiger partial charge in [-0.1, -0.05) is 30.3 Å². The maximum absolute atomic E-state index is 13.2. The number of rotatable bonds is 3. The molecule has 1 N–H and O–H groups in total. The van der Waals surface area contributed by atoms with Gasteiger partial charge in [-0.3, -0.25) is 14.5 Å². The van der Waals surface area contributed by atoms with Crippen molar-refractivity contribution in [1.29, 1.82) is 0 Å². The van der Waals surface area contributed by atoms with E-state index in [0.29, 0.717) is 18.7 Å². The van der Waals surface area contributed by atoms with Gasteiger partial charge in [0, 0.05) is 25.2 Å². The van der Waals surface area contributed by atoms with Gasteiger partial charge in [0.15, 0.2) is 0 Å². The van der Waals surface area contributed by atoms with Crippen molar-refractivity contribution in [3.05, 3.63) is 70.8 Å². The van der Waals surface area contributed by atoms with E-state index in [-0.39, 0.29) is 37.9 Å². The smallest absolute Gasteiger partial charge is 0.338 e. The first-order valence-corrected chi connectivity index (χ1v) is 11.4. The number of hydrogen-bond donors (Lipinski definition) is 1. The highest BCUT2D eigenvalue weighted by Crippen LogP contribution is 2.41. The molecule has 36 heavy (non-hydrogen) atoms. The van der Waals surface area contributed by atoms with E-state index in [0.717, 1.165) is 5.56 Å². The lowest BCUT2D eigenvalue weighted by molar-refractivity contribution is -0.143. The first kappa shape index (κ1) is 26.0. The van der Waals surface area contributed by atoms with E-state index in [9.17, 15) is 35.9 Å². The van der Waals surface area contributed by atoms with Gasteiger partial charge in [-0.15, -0.1) is 0 Å². The van der Waals surface area contributed by atoms with Crippen LogP contribution in [0.2, 0.25) is 0 Å². The summed E-state index contributed by atoms with van der Waals surface area (Å²) in [5.74, 6) is -1.15. The van der Waals surface area contributed by atoms with E-state index in [1.165, 1.54) is 4.90 Å². The van der Waals surface area contributed by atoms with Gasteiger partial charge in [0.05, 0.1) is 16.8 Å². The molecule has 1 spiro atoms. The zero-order chi connectivity index (χ0) is 26.5. The second kappa shape index (κ2) is 8.79. The highest BCUT2D eigenvalue weighted by atomic mass is 19.4. The van der Waals surface area contributed by atoms with E-state index in [1.807, 2.05) is 49.1 Å². The SMILES string of the molecule is CC1(C)NC(=O)C2(CCN(C(=O)c3cc(C(F)(F)F)cc(C(F)(F)F)c3)CC2)N1Cc1ccccc1. The van der Waals surface area contributed by atoms with Crippen LogP contribution in [0.3, 0.4) is 0 Å². The van der Waals surface area contributed by atoms with Gasteiger partial charge in [-0.2, -0.15) is 26.3 Å². The van der Waals surface area contributed by atoms with E-state index < -0.39 is 46.2 Å². The van der Waals surface area contributed by atoms with Gasteiger partial charge in [0.2, 0.25) is 5.91 Å². The van der Waals surface area contributed by atoms with Crippen molar-refractivity contribution in [3.8, 4) is 0 Å². The van der Waals surface area contributed by atoms with Gasteiger partial charge in [0.1, 0.15) is 5.54 Å². The zero-order valence-corrected chi connectivity index (χ0v) is 19.6. The fourth-order valence-corrected chi connectivity index (χ4v) is 5.07. The summed E-state index contributed by atoms with van der Waals surface area (Å²) in [6.07, 6.45) is -9.72. The van der Waals surface area contributed by atoms with Crippen LogP contribution in [0.5, 0.6) is 0 Å². The molecule has 2 heterocycles. The Kier molecular flexibility index (Phi) is 6.35. The van der Waals surface area contributed by atoms with Crippen LogP contribution >= 0.6 is 0 Å². The van der Waals surface area contributed by atoms with E-state index in [4.69, 9.17) is 0 Å². The number of hydrogen-bond acceptors (Lipinski definition) is 3. The van der Waals surface area contributed by atoms with Crippen molar-refractivity contribution in [2.45, 2.75) is 56.8 Å². The number of likely N-dealkylation sites (tertiary alicyclic amines) is 1. The Balaban J connectivity index is 1.59. The summed E-state index contributed by atoms with van der Waals surface area (Å²) in [6, 6.07) is 10.4. The first-order chi connectivity index (χ1) is 16.6. The summed E-state index contributed by atoms with van der Waals surface area (Å²) in [7, 11) is 0. The van der Waals surface area contributed by atoms with Crippen molar-refractivity contribution < 1.29 is 35.9 Å². The van der Waals surface area contributed by atoms with Crippen LogP contribution in [-0.4, -0.2) is 45.9 Å². The third-order valence-corrected chi connectivity index (χ3v) is 6.93. The molecule has 0 aromatic heterocycles. The molecular formula is C25H25F6N3O2. The number of benzene rings is 2. The Hall–Kier alpha value is -3.08. The van der Waals surface area contributed by atoms with E-state index in [1.54, 1.807) is 0 Å². The third kappa shape index (κ3) is 4.80. The molecule has 2 amide bonds. The number of amides is 2. The molecule has 2 aromatic carbocycles. The normalized spacial score (nSPS) is 20.0. The summed E-state index contributed by atoms with van der Waals surface area (Å²) in [4.78, 5) is 29.4. The van der Waals surface area contributed by atoms with Crippen molar-refractivity contribution in [2.24, 2.45) is 0 Å². The topological polar surface area (TPSA) is 52.7 Å². The molecule has 2 aromatic rings. The van der Waals surface area contributed by atoms with Gasteiger partial charge >= 0.3 is 12.4 Å². The number of carbonyl (C=O) groups excluding carboxylic acids is 2. The molecule has 4 rings (SSSR count). The molecule has 0 atom stereocenters. The molecule has 2 aliphatic rings. The lowest BCUT2D eigenvalue weighted by atomic mass is 9.84. The first-order valence-electron chi connectivity index (χ1n) is 11.4. The molecule has 2 fully saturated rings. The number of piperidine rings is 1. The summed E-state index contributed by atoms with van der Waals surface area (Å²) in [5, 5.41) is 2.98. The number of halogens is 6. The van der Waals surface area contributed by atoms with Crippen LogP contribution in [0.25, 0.3) is 0 Å². The molecule has 0 aliphatic carbocycles. The summed E-state index contributed by atoms with van der Waals surface area (Å²) in [6.45, 7) is 4.18. The lowest BCUT2D eigenvalue weighted by Crippen LogP contribution is -2.59. The zero-order valence-electron chi connectivity index (χ0n) is 19.6. The molecule has 0 unspecified atom stereocenters. The minimum Gasteiger partial charge on any atom is -0.338 e. The van der Waals surface area contributed by atoms with Crippen LogP contribution in [0.4, 0.5) is 26.3 Å². The Morgan fingerprint density at radius 1 is 0.917 bits per heavy atom. The summed E-state index contributed by atoms with van der Waals surface area (Å²) < 4.78 is 79.4. The minimum absolute atomic E-state index is 0.00518. The molecule has 0 radical (unpaired) electrons. The number of alkyl halides is 6. The van der Waals surface area contributed by atoms with Crippen LogP contribution in [0.1, 0.15) is 53.7 Å². The van der Waals surface area contributed by atoms with Crippen LogP contribution in [0.15, 0.2) is 48.5 Å². The highest BCUT2D eigenvalue weighted by molar-refractivity contribution is 5.95. The maximum atomic E-state index is 13.2. The number of carbonyl (C=O) groups is 2.